The van der Waals surface area contributed by atoms with Gasteiger partial charge in [0.1, 0.15) is 5.75 Å². The van der Waals surface area contributed by atoms with Crippen LogP contribution in [0, 0.1) is 5.92 Å². The second-order valence-electron chi connectivity index (χ2n) is 6.09. The van der Waals surface area contributed by atoms with Crippen molar-refractivity contribution in [3.05, 3.63) is 29.8 Å². The van der Waals surface area contributed by atoms with Crippen molar-refractivity contribution >= 4 is 6.41 Å². The van der Waals surface area contributed by atoms with Crippen molar-refractivity contribution in [2.75, 3.05) is 19.7 Å². The Hall–Kier alpha value is -1.51. The van der Waals surface area contributed by atoms with Gasteiger partial charge < -0.3 is 9.64 Å². The number of benzene rings is 1. The van der Waals surface area contributed by atoms with Gasteiger partial charge >= 0.3 is 0 Å². The number of nitrogens with zero attached hydrogens (tertiary/aromatic N) is 1. The first kappa shape index (κ1) is 13.5. The van der Waals surface area contributed by atoms with E-state index in [4.69, 9.17) is 4.74 Å². The lowest BCUT2D eigenvalue weighted by molar-refractivity contribution is -0.117. The highest BCUT2D eigenvalue weighted by Crippen LogP contribution is 2.38. The largest absolute Gasteiger partial charge is 0.493 e. The molecule has 1 saturated heterocycles. The molecule has 1 aliphatic carbocycles. The van der Waals surface area contributed by atoms with E-state index in [1.807, 2.05) is 4.90 Å². The molecular weight excluding hydrogens is 250 g/mol. The molecule has 1 aromatic rings. The molecule has 2 fully saturated rings. The highest BCUT2D eigenvalue weighted by atomic mass is 16.5. The molecule has 1 heterocycles. The van der Waals surface area contributed by atoms with Gasteiger partial charge in [-0.25, -0.2) is 0 Å². The number of likely N-dealkylation sites (tertiary alicyclic amines) is 1. The van der Waals surface area contributed by atoms with E-state index in [0.717, 1.165) is 38.3 Å². The van der Waals surface area contributed by atoms with E-state index in [-0.39, 0.29) is 0 Å². The van der Waals surface area contributed by atoms with E-state index in [9.17, 15) is 4.79 Å². The van der Waals surface area contributed by atoms with Crippen LogP contribution >= 0.6 is 0 Å². The maximum atomic E-state index is 10.7. The van der Waals surface area contributed by atoms with Crippen LogP contribution in [0.3, 0.4) is 0 Å². The summed E-state index contributed by atoms with van der Waals surface area (Å²) in [6.07, 6.45) is 7.29. The minimum Gasteiger partial charge on any atom is -0.493 e. The van der Waals surface area contributed by atoms with Crippen LogP contribution in [0.1, 0.15) is 43.6 Å². The van der Waals surface area contributed by atoms with Gasteiger partial charge in [-0.2, -0.15) is 0 Å². The third-order valence-corrected chi connectivity index (χ3v) is 4.65. The highest BCUT2D eigenvalue weighted by molar-refractivity contribution is 5.47. The Morgan fingerprint density at radius 3 is 2.75 bits per heavy atom. The summed E-state index contributed by atoms with van der Waals surface area (Å²) < 4.78 is 6.08. The smallest absolute Gasteiger partial charge is 0.209 e. The summed E-state index contributed by atoms with van der Waals surface area (Å²) in [5.41, 5.74) is 1.38. The van der Waals surface area contributed by atoms with E-state index >= 15 is 0 Å². The average Bonchev–Trinajstić information content (AvgIpc) is 3.17. The van der Waals surface area contributed by atoms with Crippen LogP contribution in [0.2, 0.25) is 0 Å². The van der Waals surface area contributed by atoms with E-state index in [1.165, 1.54) is 31.2 Å². The predicted octanol–water partition coefficient (Wildman–Crippen LogP) is 3.20. The zero-order chi connectivity index (χ0) is 13.8. The molecule has 0 radical (unpaired) electrons. The first-order valence-corrected chi connectivity index (χ1v) is 7.78. The number of hydrogen-bond acceptors (Lipinski definition) is 2. The molecule has 2 aliphatic rings. The van der Waals surface area contributed by atoms with Gasteiger partial charge in [-0.15, -0.1) is 0 Å². The summed E-state index contributed by atoms with van der Waals surface area (Å²) >= 11 is 0. The Labute approximate surface area is 120 Å². The van der Waals surface area contributed by atoms with Gasteiger partial charge in [0.05, 0.1) is 6.61 Å². The van der Waals surface area contributed by atoms with Gasteiger partial charge in [0, 0.05) is 19.0 Å². The van der Waals surface area contributed by atoms with Gasteiger partial charge in [-0.3, -0.25) is 4.79 Å². The fourth-order valence-electron chi connectivity index (χ4n) is 3.49. The van der Waals surface area contributed by atoms with Crippen LogP contribution in [0.25, 0.3) is 0 Å². The van der Waals surface area contributed by atoms with Crippen molar-refractivity contribution < 1.29 is 9.53 Å². The molecule has 1 unspecified atom stereocenters. The average molecular weight is 273 g/mol. The molecule has 3 nitrogen and oxygen atoms in total. The molecule has 108 valence electrons. The van der Waals surface area contributed by atoms with Crippen LogP contribution in [0.15, 0.2) is 24.3 Å². The minimum absolute atomic E-state index is 0.483. The summed E-state index contributed by atoms with van der Waals surface area (Å²) in [6, 6.07) is 8.49. The Morgan fingerprint density at radius 1 is 1.20 bits per heavy atom. The van der Waals surface area contributed by atoms with Crippen LogP contribution in [0.4, 0.5) is 0 Å². The summed E-state index contributed by atoms with van der Waals surface area (Å²) in [5.74, 6) is 2.22. The lowest BCUT2D eigenvalue weighted by atomic mass is 9.97. The Morgan fingerprint density at radius 2 is 2.00 bits per heavy atom. The standard InChI is InChI=1S/C17H23NO2/c19-13-18-10-9-14(11-18)12-20-17-8-4-3-7-16(17)15-5-1-2-6-15/h3-4,7-8,13-15H,1-2,5-6,9-12H2. The SMILES string of the molecule is O=CN1CCC(COc2ccccc2C2CCCC2)C1. The number of rotatable bonds is 5. The zero-order valence-corrected chi connectivity index (χ0v) is 12.0. The van der Waals surface area contributed by atoms with Crippen LogP contribution in [-0.2, 0) is 4.79 Å². The molecule has 0 spiro atoms. The molecule has 0 bridgehead atoms. The normalized spacial score (nSPS) is 23.2. The molecule has 1 aromatic carbocycles. The molecule has 3 rings (SSSR count). The number of carbonyl (C=O) groups is 1. The van der Waals surface area contributed by atoms with E-state index in [0.29, 0.717) is 11.8 Å². The molecule has 1 atom stereocenters. The van der Waals surface area contributed by atoms with Crippen LogP contribution in [-0.4, -0.2) is 31.0 Å². The number of ether oxygens (including phenoxy) is 1. The Bertz CT molecular complexity index is 454. The van der Waals surface area contributed by atoms with E-state index in [1.54, 1.807) is 0 Å². The van der Waals surface area contributed by atoms with Crippen molar-refractivity contribution in [2.45, 2.75) is 38.0 Å². The fraction of sp³-hybridized carbons (Fsp3) is 0.588. The summed E-state index contributed by atoms with van der Waals surface area (Å²) in [5, 5.41) is 0. The summed E-state index contributed by atoms with van der Waals surface area (Å²) in [7, 11) is 0. The Balaban J connectivity index is 1.61. The first-order chi connectivity index (χ1) is 9.86. The number of carbonyl (C=O) groups excluding carboxylic acids is 1. The number of hydrogen-bond donors (Lipinski definition) is 0. The molecule has 0 aromatic heterocycles. The van der Waals surface area contributed by atoms with Crippen molar-refractivity contribution in [1.29, 1.82) is 0 Å². The highest BCUT2D eigenvalue weighted by Gasteiger charge is 2.23. The molecule has 0 N–H and O–H groups in total. The third-order valence-electron chi connectivity index (χ3n) is 4.65. The van der Waals surface area contributed by atoms with Crippen molar-refractivity contribution in [1.82, 2.24) is 4.90 Å². The maximum Gasteiger partial charge on any atom is 0.209 e. The predicted molar refractivity (Wildman–Crippen MR) is 78.9 cm³/mol. The monoisotopic (exact) mass is 273 g/mol. The van der Waals surface area contributed by atoms with Gasteiger partial charge in [-0.1, -0.05) is 31.0 Å². The van der Waals surface area contributed by atoms with Crippen LogP contribution < -0.4 is 4.74 Å². The van der Waals surface area contributed by atoms with E-state index < -0.39 is 0 Å². The minimum atomic E-state index is 0.483. The molecule has 1 aliphatic heterocycles. The third kappa shape index (κ3) is 2.97. The zero-order valence-electron chi connectivity index (χ0n) is 12.0. The van der Waals surface area contributed by atoms with Crippen molar-refractivity contribution in [2.24, 2.45) is 5.92 Å². The lowest BCUT2D eigenvalue weighted by Crippen LogP contribution is -2.20. The fourth-order valence-corrected chi connectivity index (χ4v) is 3.49. The summed E-state index contributed by atoms with van der Waals surface area (Å²) in [4.78, 5) is 12.6. The molecule has 20 heavy (non-hydrogen) atoms. The Kier molecular flexibility index (Phi) is 4.24. The molecule has 1 amide bonds. The molecule has 1 saturated carbocycles. The number of para-hydroxylation sites is 1. The summed E-state index contributed by atoms with van der Waals surface area (Å²) in [6.45, 7) is 2.45. The van der Waals surface area contributed by atoms with Gasteiger partial charge in [0.15, 0.2) is 0 Å². The van der Waals surface area contributed by atoms with Crippen molar-refractivity contribution in [3.63, 3.8) is 0 Å². The number of amides is 1. The second-order valence-corrected chi connectivity index (χ2v) is 6.09. The first-order valence-electron chi connectivity index (χ1n) is 7.78. The lowest BCUT2D eigenvalue weighted by Gasteiger charge is -2.18. The topological polar surface area (TPSA) is 29.5 Å². The second kappa shape index (κ2) is 6.29. The van der Waals surface area contributed by atoms with Crippen molar-refractivity contribution in [3.8, 4) is 5.75 Å². The van der Waals surface area contributed by atoms with Gasteiger partial charge in [0.25, 0.3) is 0 Å². The van der Waals surface area contributed by atoms with Gasteiger partial charge in [0.2, 0.25) is 6.41 Å². The quantitative estimate of drug-likeness (QED) is 0.771. The molecular formula is C17H23NO2. The maximum absolute atomic E-state index is 10.7. The van der Waals surface area contributed by atoms with Gasteiger partial charge in [-0.05, 0) is 36.8 Å². The molecule has 3 heteroatoms. The van der Waals surface area contributed by atoms with E-state index in [2.05, 4.69) is 24.3 Å². The van der Waals surface area contributed by atoms with Crippen LogP contribution in [0.5, 0.6) is 5.75 Å².